The second kappa shape index (κ2) is 4.51. The second-order valence-corrected chi connectivity index (χ2v) is 4.27. The molecule has 1 fully saturated rings. The van der Waals surface area contributed by atoms with Crippen LogP contribution in [0.25, 0.3) is 0 Å². The molecule has 15 heavy (non-hydrogen) atoms. The lowest BCUT2D eigenvalue weighted by Crippen LogP contribution is -2.44. The van der Waals surface area contributed by atoms with Crippen LogP contribution >= 0.6 is 11.6 Å². The molecule has 1 aromatic heterocycles. The van der Waals surface area contributed by atoms with E-state index in [4.69, 9.17) is 11.6 Å². The summed E-state index contributed by atoms with van der Waals surface area (Å²) < 4.78 is 2.12. The summed E-state index contributed by atoms with van der Waals surface area (Å²) in [7, 11) is 2.13. The zero-order valence-electron chi connectivity index (χ0n) is 9.20. The average Bonchev–Trinajstić information content (AvgIpc) is 2.60. The van der Waals surface area contributed by atoms with Gasteiger partial charge >= 0.3 is 0 Å². The topological polar surface area (TPSA) is 33.1 Å². The van der Waals surface area contributed by atoms with Crippen LogP contribution in [-0.4, -0.2) is 41.1 Å². The molecule has 84 valence electrons. The third-order valence-electron chi connectivity index (χ3n) is 3.00. The molecule has 0 aromatic carbocycles. The molecule has 0 spiro atoms. The lowest BCUT2D eigenvalue weighted by Gasteiger charge is -2.33. The minimum atomic E-state index is 0.341. The molecule has 1 N–H and O–H groups in total. The molecule has 1 atom stereocenters. The Bertz CT molecular complexity index is 336. The van der Waals surface area contributed by atoms with Crippen molar-refractivity contribution in [3.05, 3.63) is 17.2 Å². The summed E-state index contributed by atoms with van der Waals surface area (Å²) in [6.07, 6.45) is 1.82. The van der Waals surface area contributed by atoms with Gasteiger partial charge < -0.3 is 9.88 Å². The third-order valence-corrected chi connectivity index (χ3v) is 3.29. The number of nitrogens with one attached hydrogen (secondary N) is 1. The molecule has 0 aliphatic carbocycles. The Balaban J connectivity index is 2.29. The van der Waals surface area contributed by atoms with Crippen LogP contribution in [0, 0.1) is 0 Å². The monoisotopic (exact) mass is 228 g/mol. The fraction of sp³-hybridized carbons (Fsp3) is 0.700. The van der Waals surface area contributed by atoms with Crippen molar-refractivity contribution in [1.29, 1.82) is 0 Å². The van der Waals surface area contributed by atoms with Gasteiger partial charge in [0.25, 0.3) is 0 Å². The summed E-state index contributed by atoms with van der Waals surface area (Å²) in [5.74, 6) is 0. The van der Waals surface area contributed by atoms with E-state index in [-0.39, 0.29) is 0 Å². The number of likely N-dealkylation sites (N-methyl/N-ethyl adjacent to an activating group) is 1. The molecule has 0 radical (unpaired) electrons. The molecular formula is C10H17ClN4. The molecule has 1 saturated heterocycles. The highest BCUT2D eigenvalue weighted by Gasteiger charge is 2.25. The van der Waals surface area contributed by atoms with Crippen molar-refractivity contribution in [3.8, 4) is 0 Å². The lowest BCUT2D eigenvalue weighted by atomic mass is 10.1. The van der Waals surface area contributed by atoms with Crippen molar-refractivity contribution < 1.29 is 0 Å². The zero-order valence-corrected chi connectivity index (χ0v) is 9.96. The Morgan fingerprint density at radius 3 is 3.13 bits per heavy atom. The molecule has 1 unspecified atom stereocenters. The minimum absolute atomic E-state index is 0.341. The highest BCUT2D eigenvalue weighted by atomic mass is 35.5. The molecule has 1 aromatic rings. The van der Waals surface area contributed by atoms with Crippen LogP contribution in [0.2, 0.25) is 5.15 Å². The van der Waals surface area contributed by atoms with Gasteiger partial charge in [0, 0.05) is 26.2 Å². The Morgan fingerprint density at radius 1 is 1.67 bits per heavy atom. The number of piperazine rings is 1. The summed E-state index contributed by atoms with van der Waals surface area (Å²) >= 11 is 6.14. The molecule has 0 bridgehead atoms. The quantitative estimate of drug-likeness (QED) is 0.824. The van der Waals surface area contributed by atoms with Gasteiger partial charge in [0.1, 0.15) is 0 Å². The molecule has 0 amide bonds. The highest BCUT2D eigenvalue weighted by molar-refractivity contribution is 6.30. The number of aromatic nitrogens is 2. The Labute approximate surface area is 95.2 Å². The van der Waals surface area contributed by atoms with Gasteiger partial charge in [-0.2, -0.15) is 0 Å². The molecular weight excluding hydrogens is 212 g/mol. The van der Waals surface area contributed by atoms with Gasteiger partial charge in [-0.25, -0.2) is 4.98 Å². The van der Waals surface area contributed by atoms with Gasteiger partial charge in [0.15, 0.2) is 5.15 Å². The number of rotatable bonds is 2. The molecule has 5 heteroatoms. The zero-order chi connectivity index (χ0) is 10.8. The van der Waals surface area contributed by atoms with Gasteiger partial charge in [-0.15, -0.1) is 0 Å². The Morgan fingerprint density at radius 2 is 2.47 bits per heavy atom. The summed E-state index contributed by atoms with van der Waals surface area (Å²) in [5, 5.41) is 4.03. The number of nitrogens with zero attached hydrogens (tertiary/aromatic N) is 3. The molecule has 2 rings (SSSR count). The summed E-state index contributed by atoms with van der Waals surface area (Å²) in [4.78, 5) is 6.50. The van der Waals surface area contributed by atoms with Crippen molar-refractivity contribution in [3.63, 3.8) is 0 Å². The van der Waals surface area contributed by atoms with E-state index in [1.807, 2.05) is 6.33 Å². The van der Waals surface area contributed by atoms with Crippen LogP contribution in [0.5, 0.6) is 0 Å². The van der Waals surface area contributed by atoms with Crippen LogP contribution < -0.4 is 5.32 Å². The van der Waals surface area contributed by atoms with Crippen molar-refractivity contribution >= 4 is 11.6 Å². The first-order valence-corrected chi connectivity index (χ1v) is 5.73. The van der Waals surface area contributed by atoms with E-state index in [0.717, 1.165) is 31.9 Å². The Hall–Kier alpha value is -0.580. The number of hydrogen-bond donors (Lipinski definition) is 1. The highest BCUT2D eigenvalue weighted by Crippen LogP contribution is 2.26. The van der Waals surface area contributed by atoms with E-state index >= 15 is 0 Å². The van der Waals surface area contributed by atoms with Crippen LogP contribution in [0.1, 0.15) is 18.7 Å². The van der Waals surface area contributed by atoms with Crippen molar-refractivity contribution in [1.82, 2.24) is 19.8 Å². The molecule has 4 nitrogen and oxygen atoms in total. The maximum absolute atomic E-state index is 6.14. The largest absolute Gasteiger partial charge is 0.332 e. The number of imidazole rings is 1. The third kappa shape index (κ3) is 2.02. The molecule has 1 aliphatic heterocycles. The van der Waals surface area contributed by atoms with Crippen molar-refractivity contribution in [2.45, 2.75) is 19.5 Å². The molecule has 1 aliphatic rings. The van der Waals surface area contributed by atoms with Crippen LogP contribution in [0.3, 0.4) is 0 Å². The second-order valence-electron chi connectivity index (χ2n) is 3.91. The van der Waals surface area contributed by atoms with Gasteiger partial charge in [0.2, 0.25) is 0 Å². The first-order valence-electron chi connectivity index (χ1n) is 5.35. The first-order chi connectivity index (χ1) is 7.24. The van der Waals surface area contributed by atoms with E-state index in [2.05, 4.69) is 33.7 Å². The number of hydrogen-bond acceptors (Lipinski definition) is 3. The molecule has 2 heterocycles. The van der Waals surface area contributed by atoms with Crippen molar-refractivity contribution in [2.24, 2.45) is 0 Å². The Kier molecular flexibility index (Phi) is 3.29. The van der Waals surface area contributed by atoms with E-state index in [0.29, 0.717) is 11.2 Å². The van der Waals surface area contributed by atoms with Crippen LogP contribution in [0.4, 0.5) is 0 Å². The number of aryl methyl sites for hydroxylation is 1. The van der Waals surface area contributed by atoms with Gasteiger partial charge in [-0.3, -0.25) is 4.90 Å². The van der Waals surface area contributed by atoms with E-state index in [9.17, 15) is 0 Å². The molecule has 0 saturated carbocycles. The predicted molar refractivity (Wildman–Crippen MR) is 61.2 cm³/mol. The first kappa shape index (κ1) is 10.9. The predicted octanol–water partition coefficient (Wildman–Crippen LogP) is 1.13. The van der Waals surface area contributed by atoms with Gasteiger partial charge in [0.05, 0.1) is 18.1 Å². The normalized spacial score (nSPS) is 23.3. The summed E-state index contributed by atoms with van der Waals surface area (Å²) in [6, 6.07) is 0.341. The van der Waals surface area contributed by atoms with Gasteiger partial charge in [-0.1, -0.05) is 11.6 Å². The van der Waals surface area contributed by atoms with E-state index < -0.39 is 0 Å². The van der Waals surface area contributed by atoms with E-state index in [1.165, 1.54) is 0 Å². The number of halogens is 1. The fourth-order valence-corrected chi connectivity index (χ4v) is 2.34. The SMILES string of the molecule is CCn1cnc(Cl)c1C1CNCCN1C. The van der Waals surface area contributed by atoms with Crippen molar-refractivity contribution in [2.75, 3.05) is 26.7 Å². The summed E-state index contributed by atoms with van der Waals surface area (Å²) in [6.45, 7) is 6.07. The van der Waals surface area contributed by atoms with Crippen LogP contribution in [0.15, 0.2) is 6.33 Å². The maximum atomic E-state index is 6.14. The smallest absolute Gasteiger partial charge is 0.151 e. The average molecular weight is 229 g/mol. The maximum Gasteiger partial charge on any atom is 0.151 e. The van der Waals surface area contributed by atoms with Gasteiger partial charge in [-0.05, 0) is 14.0 Å². The standard InChI is InChI=1S/C10H17ClN4/c1-3-15-7-13-10(11)9(15)8-6-12-4-5-14(8)2/h7-8,12H,3-6H2,1-2H3. The van der Waals surface area contributed by atoms with E-state index in [1.54, 1.807) is 0 Å². The minimum Gasteiger partial charge on any atom is -0.332 e. The lowest BCUT2D eigenvalue weighted by molar-refractivity contribution is 0.194. The fourth-order valence-electron chi connectivity index (χ4n) is 2.06. The summed E-state index contributed by atoms with van der Waals surface area (Å²) in [5.41, 5.74) is 1.13. The van der Waals surface area contributed by atoms with Crippen LogP contribution in [-0.2, 0) is 6.54 Å².